The molecule has 0 saturated carbocycles. The van der Waals surface area contributed by atoms with Crippen molar-refractivity contribution in [3.05, 3.63) is 90.3 Å². The second-order valence-electron chi connectivity index (χ2n) is 5.54. The van der Waals surface area contributed by atoms with Gasteiger partial charge >= 0.3 is 0 Å². The zero-order valence-electron chi connectivity index (χ0n) is 13.8. The summed E-state index contributed by atoms with van der Waals surface area (Å²) < 4.78 is 26.5. The number of hydrogen-bond acceptors (Lipinski definition) is 5. The Hall–Kier alpha value is -3.19. The van der Waals surface area contributed by atoms with Crippen molar-refractivity contribution in [1.29, 1.82) is 0 Å². The van der Waals surface area contributed by atoms with Gasteiger partial charge in [-0.15, -0.1) is 0 Å². The number of carbonyl (C=O) groups excluding carboxylic acids is 1. The topological polar surface area (TPSA) is 88.2 Å². The number of nitrogens with one attached hydrogen (secondary N) is 2. The highest BCUT2D eigenvalue weighted by Gasteiger charge is 2.18. The molecule has 3 aromatic rings. The summed E-state index contributed by atoms with van der Waals surface area (Å²) in [6.45, 7) is 0.599. The number of hydrogen-bond donors (Lipinski definition) is 2. The van der Waals surface area contributed by atoms with Gasteiger partial charge in [0.2, 0.25) is 0 Å². The van der Waals surface area contributed by atoms with E-state index in [1.54, 1.807) is 54.9 Å². The van der Waals surface area contributed by atoms with Crippen LogP contribution in [0.1, 0.15) is 15.9 Å². The highest BCUT2D eigenvalue weighted by Crippen LogP contribution is 2.13. The molecule has 132 valence electrons. The van der Waals surface area contributed by atoms with Crippen LogP contribution in [0.5, 0.6) is 0 Å². The molecule has 0 saturated heterocycles. The quantitative estimate of drug-likeness (QED) is 0.699. The second kappa shape index (κ2) is 7.79. The Balaban J connectivity index is 1.64. The molecule has 0 atom stereocenters. The maximum atomic E-state index is 12.2. The van der Waals surface area contributed by atoms with Crippen LogP contribution in [-0.2, 0) is 16.6 Å². The first kappa shape index (κ1) is 17.6. The van der Waals surface area contributed by atoms with Crippen molar-refractivity contribution in [1.82, 2.24) is 9.71 Å². The van der Waals surface area contributed by atoms with Crippen molar-refractivity contribution in [2.45, 2.75) is 11.4 Å². The summed E-state index contributed by atoms with van der Waals surface area (Å²) in [6.07, 6.45) is 3.48. The van der Waals surface area contributed by atoms with Gasteiger partial charge in [0, 0.05) is 30.2 Å². The van der Waals surface area contributed by atoms with Gasteiger partial charge in [-0.2, -0.15) is 0 Å². The molecule has 0 aliphatic heterocycles. The van der Waals surface area contributed by atoms with Gasteiger partial charge in [0.25, 0.3) is 15.9 Å². The molecule has 1 amide bonds. The summed E-state index contributed by atoms with van der Waals surface area (Å²) in [5.41, 5.74) is 2.11. The molecule has 2 N–H and O–H groups in total. The van der Waals surface area contributed by atoms with Crippen LogP contribution >= 0.6 is 0 Å². The predicted octanol–water partition coefficient (Wildman–Crippen LogP) is 2.81. The van der Waals surface area contributed by atoms with Crippen molar-refractivity contribution >= 4 is 21.6 Å². The van der Waals surface area contributed by atoms with Gasteiger partial charge in [-0.05, 0) is 48.0 Å². The molecule has 0 aliphatic rings. The molecule has 0 radical (unpaired) electrons. The second-order valence-corrected chi connectivity index (χ2v) is 7.22. The summed E-state index contributed by atoms with van der Waals surface area (Å²) >= 11 is 0. The Bertz CT molecular complexity index is 974. The number of rotatable bonds is 6. The number of aromatic nitrogens is 1. The first-order chi connectivity index (χ1) is 12.5. The van der Waals surface area contributed by atoms with Crippen LogP contribution in [0.2, 0.25) is 0 Å². The Kier molecular flexibility index (Phi) is 5.28. The molecule has 1 heterocycles. The smallest absolute Gasteiger partial charge is 0.264 e. The molecule has 6 nitrogen and oxygen atoms in total. The molecule has 0 aliphatic carbocycles. The molecular formula is C19H17N3O3S. The van der Waals surface area contributed by atoms with E-state index in [0.717, 1.165) is 11.3 Å². The molecule has 3 rings (SSSR count). The summed E-state index contributed by atoms with van der Waals surface area (Å²) in [6, 6.07) is 18.2. The monoisotopic (exact) mass is 367 g/mol. The third-order valence-electron chi connectivity index (χ3n) is 3.65. The number of nitrogens with zero attached hydrogens (tertiary/aromatic N) is 1. The third kappa shape index (κ3) is 4.46. The van der Waals surface area contributed by atoms with Gasteiger partial charge in [0.05, 0.1) is 4.90 Å². The van der Waals surface area contributed by atoms with Crippen LogP contribution in [0.4, 0.5) is 5.69 Å². The molecule has 1 aromatic heterocycles. The number of carbonyl (C=O) groups is 1. The third-order valence-corrected chi connectivity index (χ3v) is 4.99. The standard InChI is InChI=1S/C19H17N3O3S/c23-19(22-26(24,25)18-6-2-1-3-7-18)16-8-10-17(11-9-16)21-14-15-5-4-12-20-13-15/h1-13,21H,14H2,(H,22,23). The highest BCUT2D eigenvalue weighted by atomic mass is 32.2. The van der Waals surface area contributed by atoms with Gasteiger partial charge in [-0.1, -0.05) is 24.3 Å². The van der Waals surface area contributed by atoms with E-state index in [0.29, 0.717) is 6.54 Å². The zero-order chi connectivity index (χ0) is 18.4. The molecule has 0 unspecified atom stereocenters. The van der Waals surface area contributed by atoms with E-state index in [4.69, 9.17) is 0 Å². The van der Waals surface area contributed by atoms with Crippen molar-refractivity contribution in [3.63, 3.8) is 0 Å². The minimum atomic E-state index is -3.89. The molecule has 0 bridgehead atoms. The highest BCUT2D eigenvalue weighted by molar-refractivity contribution is 7.90. The minimum absolute atomic E-state index is 0.0445. The molecular weight excluding hydrogens is 350 g/mol. The Morgan fingerprint density at radius 1 is 0.923 bits per heavy atom. The molecule has 0 spiro atoms. The maximum Gasteiger partial charge on any atom is 0.264 e. The summed E-state index contributed by atoms with van der Waals surface area (Å²) in [5.74, 6) is -0.673. The Morgan fingerprint density at radius 3 is 2.31 bits per heavy atom. The fourth-order valence-electron chi connectivity index (χ4n) is 2.29. The van der Waals surface area contributed by atoms with Crippen LogP contribution < -0.4 is 10.0 Å². The minimum Gasteiger partial charge on any atom is -0.381 e. The van der Waals surface area contributed by atoms with E-state index >= 15 is 0 Å². The van der Waals surface area contributed by atoms with Crippen molar-refractivity contribution in [3.8, 4) is 0 Å². The van der Waals surface area contributed by atoms with Crippen LogP contribution in [0, 0.1) is 0 Å². The van der Waals surface area contributed by atoms with Gasteiger partial charge in [-0.3, -0.25) is 9.78 Å². The number of amides is 1. The average Bonchev–Trinajstić information content (AvgIpc) is 2.68. The van der Waals surface area contributed by atoms with Gasteiger partial charge in [-0.25, -0.2) is 13.1 Å². The maximum absolute atomic E-state index is 12.2. The first-order valence-corrected chi connectivity index (χ1v) is 9.38. The number of pyridine rings is 1. The van der Waals surface area contributed by atoms with Crippen LogP contribution in [-0.4, -0.2) is 19.3 Å². The zero-order valence-corrected chi connectivity index (χ0v) is 14.6. The SMILES string of the molecule is O=C(NS(=O)(=O)c1ccccc1)c1ccc(NCc2cccnc2)cc1. The van der Waals surface area contributed by atoms with Crippen LogP contribution in [0.3, 0.4) is 0 Å². The van der Waals surface area contributed by atoms with E-state index in [1.165, 1.54) is 12.1 Å². The number of anilines is 1. The molecule has 0 fully saturated rings. The summed E-state index contributed by atoms with van der Waals surface area (Å²) in [4.78, 5) is 16.3. The van der Waals surface area contributed by atoms with E-state index < -0.39 is 15.9 Å². The number of sulfonamides is 1. The first-order valence-electron chi connectivity index (χ1n) is 7.90. The van der Waals surface area contributed by atoms with Crippen LogP contribution in [0.15, 0.2) is 84.0 Å². The molecule has 26 heavy (non-hydrogen) atoms. The molecule has 7 heteroatoms. The van der Waals surface area contributed by atoms with E-state index in [-0.39, 0.29) is 10.5 Å². The summed E-state index contributed by atoms with van der Waals surface area (Å²) in [7, 11) is -3.89. The van der Waals surface area contributed by atoms with E-state index in [1.807, 2.05) is 12.1 Å². The fraction of sp³-hybridized carbons (Fsp3) is 0.0526. The Labute approximate surface area is 152 Å². The van der Waals surface area contributed by atoms with Crippen molar-refractivity contribution in [2.24, 2.45) is 0 Å². The van der Waals surface area contributed by atoms with Crippen molar-refractivity contribution in [2.75, 3.05) is 5.32 Å². The number of benzene rings is 2. The lowest BCUT2D eigenvalue weighted by molar-refractivity contribution is 0.0981. The lowest BCUT2D eigenvalue weighted by Crippen LogP contribution is -2.30. The van der Waals surface area contributed by atoms with E-state index in [2.05, 4.69) is 15.0 Å². The van der Waals surface area contributed by atoms with Gasteiger partial charge in [0.15, 0.2) is 0 Å². The lowest BCUT2D eigenvalue weighted by atomic mass is 10.2. The summed E-state index contributed by atoms with van der Waals surface area (Å²) in [5, 5.41) is 3.21. The Morgan fingerprint density at radius 2 is 1.65 bits per heavy atom. The fourth-order valence-corrected chi connectivity index (χ4v) is 3.28. The van der Waals surface area contributed by atoms with Crippen LogP contribution in [0.25, 0.3) is 0 Å². The largest absolute Gasteiger partial charge is 0.381 e. The lowest BCUT2D eigenvalue weighted by Gasteiger charge is -2.09. The van der Waals surface area contributed by atoms with Gasteiger partial charge < -0.3 is 5.32 Å². The molecule has 2 aromatic carbocycles. The predicted molar refractivity (Wildman–Crippen MR) is 99.1 cm³/mol. The van der Waals surface area contributed by atoms with Gasteiger partial charge in [0.1, 0.15) is 0 Å². The van der Waals surface area contributed by atoms with Crippen molar-refractivity contribution < 1.29 is 13.2 Å². The average molecular weight is 367 g/mol. The normalized spacial score (nSPS) is 10.9. The van der Waals surface area contributed by atoms with E-state index in [9.17, 15) is 13.2 Å².